The van der Waals surface area contributed by atoms with E-state index in [4.69, 9.17) is 19.4 Å². The van der Waals surface area contributed by atoms with Crippen LogP contribution in [0.4, 0.5) is 17.3 Å². The molecule has 0 fully saturated rings. The molecule has 14 aromatic rings. The number of rotatable bonds is 7. The second-order valence-corrected chi connectivity index (χ2v) is 19.6. The Morgan fingerprint density at radius 1 is 0.397 bits per heavy atom. The topological polar surface area (TPSA) is 64.9 Å². The van der Waals surface area contributed by atoms with E-state index in [1.54, 1.807) is 0 Å². The van der Waals surface area contributed by atoms with E-state index in [1.807, 2.05) is 12.1 Å². The number of hydrogen-bond donors (Lipinski definition) is 0. The van der Waals surface area contributed by atoms with Crippen molar-refractivity contribution in [3.05, 3.63) is 242 Å². The highest BCUT2D eigenvalue weighted by atomic mass is 16.3. The first-order valence-electron chi connectivity index (χ1n) is 24.9. The lowest BCUT2D eigenvalue weighted by Gasteiger charge is -2.27. The van der Waals surface area contributed by atoms with Crippen LogP contribution in [0.5, 0.6) is 0 Å². The van der Waals surface area contributed by atoms with E-state index in [0.29, 0.717) is 17.6 Å². The molecule has 10 aromatic carbocycles. The van der Waals surface area contributed by atoms with Crippen LogP contribution in [0.3, 0.4) is 0 Å². The van der Waals surface area contributed by atoms with Gasteiger partial charge in [0, 0.05) is 71.9 Å². The second-order valence-electron chi connectivity index (χ2n) is 19.6. The molecule has 0 spiro atoms. The van der Waals surface area contributed by atoms with Crippen LogP contribution in [0.15, 0.2) is 235 Å². The van der Waals surface area contributed by atoms with E-state index in [0.717, 1.165) is 99.6 Å². The Kier molecular flexibility index (Phi) is 8.87. The largest absolute Gasteiger partial charge is 0.456 e. The van der Waals surface area contributed by atoms with Gasteiger partial charge in [0.15, 0.2) is 11.6 Å². The zero-order valence-electron chi connectivity index (χ0n) is 40.0. The van der Waals surface area contributed by atoms with Crippen molar-refractivity contribution in [2.45, 2.75) is 19.3 Å². The number of furan rings is 1. The Bertz CT molecular complexity index is 4540. The number of hydrogen-bond acceptors (Lipinski definition) is 5. The number of benzene rings is 10. The first kappa shape index (κ1) is 41.2. The Hall–Kier alpha value is -9.59. The summed E-state index contributed by atoms with van der Waals surface area (Å²) >= 11 is 0. The molecule has 1 aliphatic rings. The third-order valence-electron chi connectivity index (χ3n) is 15.2. The first-order chi connectivity index (χ1) is 36.0. The highest BCUT2D eigenvalue weighted by Crippen LogP contribution is 2.54. The minimum absolute atomic E-state index is 0.243. The van der Waals surface area contributed by atoms with Gasteiger partial charge in [-0.05, 0) is 102 Å². The molecule has 0 atom stereocenters. The van der Waals surface area contributed by atoms with Crippen LogP contribution < -0.4 is 4.90 Å². The average molecular weight is 937 g/mol. The van der Waals surface area contributed by atoms with Crippen LogP contribution in [0.1, 0.15) is 25.0 Å². The SMILES string of the molecule is CC1(C)c2ccccc2-c2c(N(c3ccc4c(c3)oc3ccccc34)c3nc(-c4ccc5c(c4)c4ccccc4n5-c4ccccc4)nc(-c4ccc5c6ccccc6n(-c6ccccc6)c5c4)n3)cccc21. The van der Waals surface area contributed by atoms with Crippen LogP contribution in [0.25, 0.3) is 111 Å². The van der Waals surface area contributed by atoms with Gasteiger partial charge in [-0.1, -0.05) is 153 Å². The Balaban J connectivity index is 1.02. The van der Waals surface area contributed by atoms with Gasteiger partial charge in [-0.2, -0.15) is 9.97 Å². The smallest absolute Gasteiger partial charge is 0.238 e. The Morgan fingerprint density at radius 3 is 1.70 bits per heavy atom. The summed E-state index contributed by atoms with van der Waals surface area (Å²) in [4.78, 5) is 18.9. The monoisotopic (exact) mass is 936 g/mol. The van der Waals surface area contributed by atoms with Crippen LogP contribution in [0.2, 0.25) is 0 Å². The molecule has 0 radical (unpaired) electrons. The van der Waals surface area contributed by atoms with Crippen molar-refractivity contribution in [3.63, 3.8) is 0 Å². The maximum absolute atomic E-state index is 6.62. The standard InChI is InChI=1S/C66H44N6O/c1-66(2)53-26-13-9-25-51(53)62-54(66)27-17-30-58(62)72(45-34-36-50-49-24-12-16-31-60(49)73-61(50)40-45)65-68-63(41-33-37-57-52(38-41)47-23-11-15-29-56(47)70(57)43-18-5-3-6-19-43)67-64(69-65)42-32-35-48-46-22-10-14-28-55(46)71(59(48)39-42)44-20-7-4-8-21-44/h3-40H,1-2H3. The van der Waals surface area contributed by atoms with Gasteiger partial charge in [-0.15, -0.1) is 0 Å². The Morgan fingerprint density at radius 2 is 0.945 bits per heavy atom. The fourth-order valence-electron chi connectivity index (χ4n) is 11.8. The number of anilines is 3. The molecule has 0 unspecified atom stereocenters. The highest BCUT2D eigenvalue weighted by Gasteiger charge is 2.38. The Labute approximate surface area is 420 Å². The normalized spacial score (nSPS) is 12.9. The maximum atomic E-state index is 6.62. The van der Waals surface area contributed by atoms with Gasteiger partial charge < -0.3 is 13.6 Å². The lowest BCUT2D eigenvalue weighted by Crippen LogP contribution is -2.18. The lowest BCUT2D eigenvalue weighted by molar-refractivity contribution is 0.660. The summed E-state index contributed by atoms with van der Waals surface area (Å²) < 4.78 is 11.3. The molecular formula is C66H44N6O. The van der Waals surface area contributed by atoms with Gasteiger partial charge in [0.1, 0.15) is 11.2 Å². The third-order valence-corrected chi connectivity index (χ3v) is 15.2. The molecular weight excluding hydrogens is 893 g/mol. The zero-order chi connectivity index (χ0) is 48.4. The number of nitrogens with zero attached hydrogens (tertiary/aromatic N) is 6. The van der Waals surface area contributed by atoms with Crippen LogP contribution >= 0.6 is 0 Å². The first-order valence-corrected chi connectivity index (χ1v) is 24.9. The molecule has 0 amide bonds. The lowest BCUT2D eigenvalue weighted by atomic mass is 9.82. The number of aromatic nitrogens is 5. The van der Waals surface area contributed by atoms with Crippen molar-refractivity contribution >= 4 is 82.9 Å². The van der Waals surface area contributed by atoms with E-state index in [2.05, 4.69) is 246 Å². The van der Waals surface area contributed by atoms with Crippen molar-refractivity contribution in [2.75, 3.05) is 4.90 Å². The molecule has 4 aromatic heterocycles. The fraction of sp³-hybridized carbons (Fsp3) is 0.0455. The molecule has 344 valence electrons. The van der Waals surface area contributed by atoms with E-state index in [1.165, 1.54) is 22.1 Å². The van der Waals surface area contributed by atoms with Crippen LogP contribution in [0, 0.1) is 0 Å². The highest BCUT2D eigenvalue weighted by molar-refractivity contribution is 6.12. The van der Waals surface area contributed by atoms with Crippen molar-refractivity contribution in [1.29, 1.82) is 0 Å². The van der Waals surface area contributed by atoms with E-state index in [9.17, 15) is 0 Å². The predicted octanol–water partition coefficient (Wildman–Crippen LogP) is 17.1. The molecule has 73 heavy (non-hydrogen) atoms. The van der Waals surface area contributed by atoms with Gasteiger partial charge in [0.05, 0.1) is 33.4 Å². The minimum atomic E-state index is -0.243. The summed E-state index contributed by atoms with van der Waals surface area (Å²) in [7, 11) is 0. The van der Waals surface area contributed by atoms with Gasteiger partial charge >= 0.3 is 0 Å². The molecule has 0 aliphatic heterocycles. The van der Waals surface area contributed by atoms with Crippen molar-refractivity contribution < 1.29 is 4.42 Å². The third kappa shape index (κ3) is 6.22. The molecule has 1 aliphatic carbocycles. The van der Waals surface area contributed by atoms with E-state index < -0.39 is 0 Å². The van der Waals surface area contributed by atoms with Gasteiger partial charge in [0.2, 0.25) is 5.95 Å². The molecule has 0 bridgehead atoms. The van der Waals surface area contributed by atoms with E-state index in [-0.39, 0.29) is 5.41 Å². The van der Waals surface area contributed by atoms with Crippen molar-refractivity contribution in [2.24, 2.45) is 0 Å². The summed E-state index contributed by atoms with van der Waals surface area (Å²) in [5, 5.41) is 6.72. The summed E-state index contributed by atoms with van der Waals surface area (Å²) in [5.74, 6) is 1.61. The molecule has 0 saturated carbocycles. The molecule has 4 heterocycles. The van der Waals surface area contributed by atoms with Crippen molar-refractivity contribution in [1.82, 2.24) is 24.1 Å². The molecule has 0 saturated heterocycles. The zero-order valence-corrected chi connectivity index (χ0v) is 40.0. The summed E-state index contributed by atoms with van der Waals surface area (Å²) in [5.41, 5.74) is 16.5. The predicted molar refractivity (Wildman–Crippen MR) is 299 cm³/mol. The van der Waals surface area contributed by atoms with E-state index >= 15 is 0 Å². The van der Waals surface area contributed by atoms with Crippen LogP contribution in [-0.4, -0.2) is 24.1 Å². The summed E-state index contributed by atoms with van der Waals surface area (Å²) in [6.45, 7) is 4.64. The minimum Gasteiger partial charge on any atom is -0.456 e. The van der Waals surface area contributed by atoms with Gasteiger partial charge in [0.25, 0.3) is 0 Å². The number of para-hydroxylation sites is 5. The van der Waals surface area contributed by atoms with Crippen molar-refractivity contribution in [3.8, 4) is 45.3 Å². The average Bonchev–Trinajstić information content (AvgIpc) is 4.16. The van der Waals surface area contributed by atoms with Crippen LogP contribution in [-0.2, 0) is 5.41 Å². The second kappa shape index (κ2) is 15.7. The molecule has 7 nitrogen and oxygen atoms in total. The fourth-order valence-corrected chi connectivity index (χ4v) is 11.8. The van der Waals surface area contributed by atoms with Gasteiger partial charge in [-0.3, -0.25) is 4.90 Å². The quantitative estimate of drug-likeness (QED) is 0.159. The molecule has 7 heteroatoms. The number of fused-ring (bicyclic) bond motifs is 12. The molecule has 0 N–H and O–H groups in total. The van der Waals surface area contributed by atoms with Gasteiger partial charge in [-0.25, -0.2) is 4.98 Å². The summed E-state index contributed by atoms with van der Waals surface area (Å²) in [6.07, 6.45) is 0. The maximum Gasteiger partial charge on any atom is 0.238 e. The summed E-state index contributed by atoms with van der Waals surface area (Å²) in [6, 6.07) is 81.8. The molecule has 15 rings (SSSR count).